The van der Waals surface area contributed by atoms with Crippen LogP contribution in [0.5, 0.6) is 0 Å². The molecule has 0 spiro atoms. The van der Waals surface area contributed by atoms with Crippen LogP contribution in [-0.2, 0) is 10.9 Å². The number of hydrogen-bond acceptors (Lipinski definition) is 4. The van der Waals surface area contributed by atoms with Gasteiger partial charge in [-0.1, -0.05) is 0 Å². The van der Waals surface area contributed by atoms with Gasteiger partial charge in [0.2, 0.25) is 0 Å². The second-order valence-electron chi connectivity index (χ2n) is 8.90. The molecule has 0 bridgehead atoms. The van der Waals surface area contributed by atoms with Gasteiger partial charge in [-0.25, -0.2) is 14.3 Å². The van der Waals surface area contributed by atoms with Crippen LogP contribution < -0.4 is 4.90 Å². The number of piperidine rings is 2. The van der Waals surface area contributed by atoms with Gasteiger partial charge >= 0.3 is 12.1 Å². The van der Waals surface area contributed by atoms with E-state index in [9.17, 15) is 18.0 Å². The highest BCUT2D eigenvalue weighted by atomic mass is 19.4. The Bertz CT molecular complexity index is 952. The van der Waals surface area contributed by atoms with E-state index in [-0.39, 0.29) is 17.3 Å². The second-order valence-corrected chi connectivity index (χ2v) is 8.90. The smallest absolute Gasteiger partial charge is 0.433 e. The fourth-order valence-corrected chi connectivity index (χ4v) is 5.12. The zero-order valence-corrected chi connectivity index (χ0v) is 16.7. The molecule has 0 amide bonds. The number of aromatic nitrogens is 3. The lowest BCUT2D eigenvalue weighted by Gasteiger charge is -2.40. The lowest BCUT2D eigenvalue weighted by Crippen LogP contribution is -3.18. The maximum Gasteiger partial charge on any atom is 0.433 e. The molecular weight excluding hydrogens is 397 g/mol. The van der Waals surface area contributed by atoms with Gasteiger partial charge in [0.25, 0.3) is 0 Å². The molecule has 3 fully saturated rings. The van der Waals surface area contributed by atoms with E-state index in [1.807, 2.05) is 0 Å². The number of ether oxygens (including phenoxy) is 1. The van der Waals surface area contributed by atoms with Gasteiger partial charge < -0.3 is 9.64 Å². The summed E-state index contributed by atoms with van der Waals surface area (Å²) in [6, 6.07) is 2.87. The van der Waals surface area contributed by atoms with E-state index in [1.165, 1.54) is 32.0 Å². The molecule has 1 unspecified atom stereocenters. The first-order chi connectivity index (χ1) is 14.4. The number of carbonyl (C=O) groups is 1. The molecule has 1 aliphatic carbocycles. The number of fused-ring (bicyclic) bond motifs is 2. The summed E-state index contributed by atoms with van der Waals surface area (Å²) >= 11 is 0. The van der Waals surface area contributed by atoms with Crippen LogP contribution in [-0.4, -0.2) is 46.3 Å². The molecule has 5 rings (SSSR count). The highest BCUT2D eigenvalue weighted by Crippen LogP contribution is 2.41. The number of alkyl halides is 3. The normalized spacial score (nSPS) is 27.1. The van der Waals surface area contributed by atoms with Gasteiger partial charge in [0.1, 0.15) is 12.3 Å². The first-order valence-corrected chi connectivity index (χ1v) is 10.9. The van der Waals surface area contributed by atoms with Crippen molar-refractivity contribution in [1.29, 1.82) is 0 Å². The van der Waals surface area contributed by atoms with Gasteiger partial charge in [0.05, 0.1) is 19.1 Å². The van der Waals surface area contributed by atoms with Crippen LogP contribution in [0.4, 0.5) is 13.2 Å². The standard InChI is InChI=1S/C21H25F3N4O2/c22-21(23,24)18-10-15(13-6-7-13)25-19-11-16(26-28(18)19)20(29)30-12-14-4-3-9-27-8-2-1-5-17(14)27/h10-11,13-14,17H,1-9,12H2/p+1/t14-,17-/m0/s1. The third kappa shape index (κ3) is 3.79. The Labute approximate surface area is 172 Å². The lowest BCUT2D eigenvalue weighted by molar-refractivity contribution is -0.940. The molecular formula is C21H26F3N4O2+. The van der Waals surface area contributed by atoms with Crippen LogP contribution in [0.2, 0.25) is 0 Å². The summed E-state index contributed by atoms with van der Waals surface area (Å²) in [6.07, 6.45) is 2.85. The molecule has 0 radical (unpaired) electrons. The molecule has 2 aromatic heterocycles. The highest BCUT2D eigenvalue weighted by Gasteiger charge is 2.39. The molecule has 9 heteroatoms. The molecule has 0 aromatic carbocycles. The third-order valence-electron chi connectivity index (χ3n) is 6.80. The molecule has 3 atom stereocenters. The number of nitrogens with one attached hydrogen (secondary N) is 1. The van der Waals surface area contributed by atoms with Gasteiger partial charge in [-0.15, -0.1) is 0 Å². The van der Waals surface area contributed by atoms with Crippen LogP contribution in [0, 0.1) is 5.92 Å². The SMILES string of the molecule is O=C(OC[C@@H]1CCC[NH+]2CCCC[C@@H]12)c1cc2nc(C3CC3)cc(C(F)(F)F)n2n1. The number of nitrogens with zero attached hydrogens (tertiary/aromatic N) is 3. The minimum absolute atomic E-state index is 0.0410. The molecule has 1 N–H and O–H groups in total. The number of esters is 1. The van der Waals surface area contributed by atoms with Crippen molar-refractivity contribution in [2.24, 2.45) is 5.92 Å². The van der Waals surface area contributed by atoms with Gasteiger partial charge in [-0.05, 0) is 51.0 Å². The molecule has 6 nitrogen and oxygen atoms in total. The summed E-state index contributed by atoms with van der Waals surface area (Å²) in [4.78, 5) is 18.5. The van der Waals surface area contributed by atoms with Gasteiger partial charge in [0.15, 0.2) is 11.3 Å². The molecule has 1 saturated carbocycles. The van der Waals surface area contributed by atoms with E-state index in [1.54, 1.807) is 4.90 Å². The van der Waals surface area contributed by atoms with Crippen LogP contribution in [0.1, 0.15) is 72.7 Å². The fraction of sp³-hybridized carbons (Fsp3) is 0.667. The monoisotopic (exact) mass is 423 g/mol. The Morgan fingerprint density at radius 1 is 1.13 bits per heavy atom. The maximum absolute atomic E-state index is 13.5. The van der Waals surface area contributed by atoms with Crippen molar-refractivity contribution in [2.75, 3.05) is 19.7 Å². The van der Waals surface area contributed by atoms with Crippen molar-refractivity contribution in [3.63, 3.8) is 0 Å². The number of quaternary nitrogens is 1. The molecule has 2 saturated heterocycles. The number of halogens is 3. The van der Waals surface area contributed by atoms with Crippen LogP contribution in [0.15, 0.2) is 12.1 Å². The molecule has 162 valence electrons. The zero-order valence-electron chi connectivity index (χ0n) is 16.7. The quantitative estimate of drug-likeness (QED) is 0.769. The lowest BCUT2D eigenvalue weighted by atomic mass is 9.84. The second kappa shape index (κ2) is 7.51. The maximum atomic E-state index is 13.5. The number of carbonyl (C=O) groups excluding carboxylic acids is 1. The molecule has 30 heavy (non-hydrogen) atoms. The Morgan fingerprint density at radius 2 is 1.93 bits per heavy atom. The van der Waals surface area contributed by atoms with Crippen molar-refractivity contribution in [2.45, 2.75) is 63.1 Å². The predicted octanol–water partition coefficient (Wildman–Crippen LogP) is 2.63. The van der Waals surface area contributed by atoms with Crippen LogP contribution >= 0.6 is 0 Å². The summed E-state index contributed by atoms with van der Waals surface area (Å²) in [5.41, 5.74) is -0.566. The number of rotatable bonds is 4. The molecule has 4 heterocycles. The summed E-state index contributed by atoms with van der Waals surface area (Å²) in [6.45, 7) is 2.65. The van der Waals surface area contributed by atoms with Crippen LogP contribution in [0.3, 0.4) is 0 Å². The fourth-order valence-electron chi connectivity index (χ4n) is 5.12. The first-order valence-electron chi connectivity index (χ1n) is 10.9. The summed E-state index contributed by atoms with van der Waals surface area (Å²) in [7, 11) is 0. The van der Waals surface area contributed by atoms with Crippen molar-refractivity contribution in [1.82, 2.24) is 14.6 Å². The summed E-state index contributed by atoms with van der Waals surface area (Å²) in [5.74, 6) is -0.307. The zero-order chi connectivity index (χ0) is 20.9. The van der Waals surface area contributed by atoms with E-state index in [2.05, 4.69) is 10.1 Å². The Morgan fingerprint density at radius 3 is 2.70 bits per heavy atom. The minimum atomic E-state index is -4.58. The van der Waals surface area contributed by atoms with E-state index in [0.717, 1.165) is 42.7 Å². The van der Waals surface area contributed by atoms with Gasteiger partial charge in [-0.2, -0.15) is 18.3 Å². The van der Waals surface area contributed by atoms with E-state index in [4.69, 9.17) is 4.74 Å². The average molecular weight is 423 g/mol. The third-order valence-corrected chi connectivity index (χ3v) is 6.80. The predicted molar refractivity (Wildman–Crippen MR) is 101 cm³/mol. The first kappa shape index (κ1) is 19.8. The van der Waals surface area contributed by atoms with Gasteiger partial charge in [0, 0.05) is 23.6 Å². The van der Waals surface area contributed by atoms with Gasteiger partial charge in [-0.3, -0.25) is 0 Å². The summed E-state index contributed by atoms with van der Waals surface area (Å²) < 4.78 is 46.8. The number of hydrogen-bond donors (Lipinski definition) is 1. The van der Waals surface area contributed by atoms with Crippen LogP contribution in [0.25, 0.3) is 5.65 Å². The average Bonchev–Trinajstić information content (AvgIpc) is 3.49. The molecule has 3 aliphatic rings. The largest absolute Gasteiger partial charge is 0.460 e. The van der Waals surface area contributed by atoms with Crippen molar-refractivity contribution < 1.29 is 27.6 Å². The topological polar surface area (TPSA) is 60.9 Å². The highest BCUT2D eigenvalue weighted by molar-refractivity contribution is 5.88. The molecule has 2 aliphatic heterocycles. The molecule has 2 aromatic rings. The minimum Gasteiger partial charge on any atom is -0.460 e. The van der Waals surface area contributed by atoms with Crippen molar-refractivity contribution in [3.8, 4) is 0 Å². The summed E-state index contributed by atoms with van der Waals surface area (Å²) in [5, 5.41) is 3.90. The van der Waals surface area contributed by atoms with E-state index >= 15 is 0 Å². The van der Waals surface area contributed by atoms with E-state index in [0.29, 0.717) is 24.3 Å². The Kier molecular flexibility index (Phi) is 4.95. The van der Waals surface area contributed by atoms with E-state index < -0.39 is 17.8 Å². The Hall–Kier alpha value is -2.16. The van der Waals surface area contributed by atoms with Crippen molar-refractivity contribution in [3.05, 3.63) is 29.2 Å². The Balaban J connectivity index is 1.35. The van der Waals surface area contributed by atoms with Crippen molar-refractivity contribution >= 4 is 11.6 Å².